The molecule has 0 unspecified atom stereocenters. The Hall–Kier alpha value is -2.36. The molecule has 4 nitrogen and oxygen atoms in total. The average Bonchev–Trinajstić information content (AvgIpc) is 2.39. The number of anilines is 1. The van der Waals surface area contributed by atoms with Gasteiger partial charge in [0.2, 0.25) is 0 Å². The molecule has 0 saturated carbocycles. The van der Waals surface area contributed by atoms with Crippen LogP contribution >= 0.6 is 0 Å². The van der Waals surface area contributed by atoms with Gasteiger partial charge in [0, 0.05) is 11.4 Å². The zero-order valence-corrected chi connectivity index (χ0v) is 9.97. The minimum absolute atomic E-state index is 0.0716. The van der Waals surface area contributed by atoms with Gasteiger partial charge in [-0.05, 0) is 31.2 Å². The summed E-state index contributed by atoms with van der Waals surface area (Å²) in [5.41, 5.74) is 3.26. The smallest absolute Gasteiger partial charge is 0.255 e. The summed E-state index contributed by atoms with van der Waals surface area (Å²) in [4.78, 5) is 16.4. The summed E-state index contributed by atoms with van der Waals surface area (Å²) < 4.78 is 0. The highest BCUT2D eigenvalue weighted by molar-refractivity contribution is 6.01. The average molecular weight is 239 g/mol. The van der Waals surface area contributed by atoms with Crippen LogP contribution in [0.1, 0.15) is 27.9 Å². The van der Waals surface area contributed by atoms with Gasteiger partial charge < -0.3 is 10.6 Å². The lowest BCUT2D eigenvalue weighted by Crippen LogP contribution is -2.38. The Kier molecular flexibility index (Phi) is 2.48. The van der Waals surface area contributed by atoms with Crippen molar-refractivity contribution < 1.29 is 4.79 Å². The minimum Gasteiger partial charge on any atom is -0.360 e. The first kappa shape index (κ1) is 10.8. The van der Waals surface area contributed by atoms with Gasteiger partial charge in [0.25, 0.3) is 5.91 Å². The van der Waals surface area contributed by atoms with Crippen molar-refractivity contribution in [3.63, 3.8) is 0 Å². The van der Waals surface area contributed by atoms with Crippen LogP contribution in [-0.2, 0) is 0 Å². The van der Waals surface area contributed by atoms with Gasteiger partial charge in [-0.15, -0.1) is 0 Å². The van der Waals surface area contributed by atoms with Gasteiger partial charge in [0.1, 0.15) is 6.17 Å². The summed E-state index contributed by atoms with van der Waals surface area (Å²) in [6.07, 6.45) is -0.271. The van der Waals surface area contributed by atoms with Crippen molar-refractivity contribution in [2.24, 2.45) is 0 Å². The Balaban J connectivity index is 1.97. The number of amides is 1. The second-order valence-corrected chi connectivity index (χ2v) is 4.30. The number of pyridine rings is 1. The van der Waals surface area contributed by atoms with Crippen molar-refractivity contribution in [2.45, 2.75) is 13.1 Å². The standard InChI is InChI=1S/C14H13N3O/c1-9-5-4-8-12(15-9)13-16-11-7-3-2-6-10(11)14(18)17-13/h2-8,13,16H,1H3,(H,17,18)/t13-/m0/s1. The maximum Gasteiger partial charge on any atom is 0.255 e. The molecule has 2 heterocycles. The van der Waals surface area contributed by atoms with E-state index in [1.54, 1.807) is 6.07 Å². The number of para-hydroxylation sites is 1. The molecule has 1 aliphatic rings. The molecule has 2 N–H and O–H groups in total. The molecule has 0 spiro atoms. The van der Waals surface area contributed by atoms with Crippen LogP contribution in [0.4, 0.5) is 5.69 Å². The summed E-state index contributed by atoms with van der Waals surface area (Å²) in [5.74, 6) is -0.0716. The Labute approximate surface area is 105 Å². The predicted octanol–water partition coefficient (Wildman–Crippen LogP) is 2.24. The fourth-order valence-electron chi connectivity index (χ4n) is 2.08. The van der Waals surface area contributed by atoms with Crippen LogP contribution < -0.4 is 10.6 Å². The normalized spacial score (nSPS) is 17.6. The third-order valence-electron chi connectivity index (χ3n) is 2.95. The van der Waals surface area contributed by atoms with Gasteiger partial charge in [-0.1, -0.05) is 18.2 Å². The molecular weight excluding hydrogens is 226 g/mol. The van der Waals surface area contributed by atoms with E-state index in [0.717, 1.165) is 17.1 Å². The van der Waals surface area contributed by atoms with E-state index in [0.29, 0.717) is 5.56 Å². The number of carbonyl (C=O) groups is 1. The first-order valence-corrected chi connectivity index (χ1v) is 5.84. The van der Waals surface area contributed by atoms with E-state index in [1.165, 1.54) is 0 Å². The van der Waals surface area contributed by atoms with Crippen molar-refractivity contribution in [2.75, 3.05) is 5.32 Å². The number of hydrogen-bond acceptors (Lipinski definition) is 3. The number of aryl methyl sites for hydroxylation is 1. The number of aromatic nitrogens is 1. The van der Waals surface area contributed by atoms with Crippen LogP contribution in [0, 0.1) is 6.92 Å². The molecule has 0 aliphatic carbocycles. The van der Waals surface area contributed by atoms with E-state index < -0.39 is 0 Å². The maximum absolute atomic E-state index is 12.0. The third kappa shape index (κ3) is 1.82. The maximum atomic E-state index is 12.0. The Morgan fingerprint density at radius 3 is 2.72 bits per heavy atom. The van der Waals surface area contributed by atoms with Crippen LogP contribution in [0.5, 0.6) is 0 Å². The quantitative estimate of drug-likeness (QED) is 0.802. The van der Waals surface area contributed by atoms with E-state index in [4.69, 9.17) is 0 Å². The second-order valence-electron chi connectivity index (χ2n) is 4.30. The Morgan fingerprint density at radius 2 is 1.89 bits per heavy atom. The van der Waals surface area contributed by atoms with Crippen molar-refractivity contribution >= 4 is 11.6 Å². The van der Waals surface area contributed by atoms with Gasteiger partial charge in [-0.25, -0.2) is 0 Å². The lowest BCUT2D eigenvalue weighted by molar-refractivity contribution is 0.0935. The van der Waals surface area contributed by atoms with Gasteiger partial charge in [0.15, 0.2) is 0 Å². The minimum atomic E-state index is -0.271. The van der Waals surface area contributed by atoms with Crippen molar-refractivity contribution in [3.8, 4) is 0 Å². The van der Waals surface area contributed by atoms with E-state index in [-0.39, 0.29) is 12.1 Å². The lowest BCUT2D eigenvalue weighted by Gasteiger charge is -2.27. The fraction of sp³-hybridized carbons (Fsp3) is 0.143. The predicted molar refractivity (Wildman–Crippen MR) is 69.2 cm³/mol. The first-order chi connectivity index (χ1) is 8.74. The third-order valence-corrected chi connectivity index (χ3v) is 2.95. The summed E-state index contributed by atoms with van der Waals surface area (Å²) in [5, 5.41) is 6.18. The number of rotatable bonds is 1. The molecule has 90 valence electrons. The van der Waals surface area contributed by atoms with Crippen LogP contribution in [-0.4, -0.2) is 10.9 Å². The zero-order valence-electron chi connectivity index (χ0n) is 9.97. The van der Waals surface area contributed by atoms with Gasteiger partial charge in [-0.3, -0.25) is 9.78 Å². The Morgan fingerprint density at radius 1 is 1.06 bits per heavy atom. The fourth-order valence-corrected chi connectivity index (χ4v) is 2.08. The van der Waals surface area contributed by atoms with E-state index in [9.17, 15) is 4.79 Å². The van der Waals surface area contributed by atoms with E-state index in [2.05, 4.69) is 15.6 Å². The molecular formula is C14H13N3O. The van der Waals surface area contributed by atoms with Crippen molar-refractivity contribution in [1.29, 1.82) is 0 Å². The van der Waals surface area contributed by atoms with Crippen LogP contribution in [0.25, 0.3) is 0 Å². The molecule has 4 heteroatoms. The number of hydrogen-bond donors (Lipinski definition) is 2. The molecule has 0 radical (unpaired) electrons. The number of benzene rings is 1. The number of fused-ring (bicyclic) bond motifs is 1. The zero-order chi connectivity index (χ0) is 12.5. The molecule has 0 saturated heterocycles. The van der Waals surface area contributed by atoms with E-state index in [1.807, 2.05) is 43.3 Å². The van der Waals surface area contributed by atoms with Gasteiger partial charge in [-0.2, -0.15) is 0 Å². The molecule has 1 aliphatic heterocycles. The number of nitrogens with zero attached hydrogens (tertiary/aromatic N) is 1. The molecule has 1 aromatic carbocycles. The largest absolute Gasteiger partial charge is 0.360 e. The van der Waals surface area contributed by atoms with Crippen molar-refractivity contribution in [3.05, 3.63) is 59.4 Å². The SMILES string of the molecule is Cc1cccc([C@@H]2NC(=O)c3ccccc3N2)n1. The van der Waals surface area contributed by atoms with E-state index >= 15 is 0 Å². The highest BCUT2D eigenvalue weighted by atomic mass is 16.2. The summed E-state index contributed by atoms with van der Waals surface area (Å²) in [7, 11) is 0. The molecule has 3 rings (SSSR count). The number of carbonyl (C=O) groups excluding carboxylic acids is 1. The summed E-state index contributed by atoms with van der Waals surface area (Å²) in [6.45, 7) is 1.93. The molecule has 0 fully saturated rings. The van der Waals surface area contributed by atoms with Crippen LogP contribution in [0.15, 0.2) is 42.5 Å². The highest BCUT2D eigenvalue weighted by Crippen LogP contribution is 2.25. The summed E-state index contributed by atoms with van der Waals surface area (Å²) >= 11 is 0. The molecule has 1 aromatic heterocycles. The monoisotopic (exact) mass is 239 g/mol. The first-order valence-electron chi connectivity index (χ1n) is 5.84. The van der Waals surface area contributed by atoms with Crippen LogP contribution in [0.2, 0.25) is 0 Å². The Bertz CT molecular complexity index is 609. The topological polar surface area (TPSA) is 54.0 Å². The molecule has 0 bridgehead atoms. The van der Waals surface area contributed by atoms with Crippen LogP contribution in [0.3, 0.4) is 0 Å². The second kappa shape index (κ2) is 4.14. The van der Waals surface area contributed by atoms with Crippen molar-refractivity contribution in [1.82, 2.24) is 10.3 Å². The molecule has 18 heavy (non-hydrogen) atoms. The highest BCUT2D eigenvalue weighted by Gasteiger charge is 2.24. The summed E-state index contributed by atoms with van der Waals surface area (Å²) in [6, 6.07) is 13.2. The molecule has 1 atom stereocenters. The molecule has 2 aromatic rings. The molecule has 1 amide bonds. The van der Waals surface area contributed by atoms with Gasteiger partial charge in [0.05, 0.1) is 11.3 Å². The number of nitrogens with one attached hydrogen (secondary N) is 2. The van der Waals surface area contributed by atoms with Gasteiger partial charge >= 0.3 is 0 Å². The lowest BCUT2D eigenvalue weighted by atomic mass is 10.1.